The number of aliphatic hydroxyl groups excluding tert-OH is 2. The van der Waals surface area contributed by atoms with Gasteiger partial charge in [0.25, 0.3) is 0 Å². The molecule has 1 saturated carbocycles. The van der Waals surface area contributed by atoms with Crippen LogP contribution in [0.25, 0.3) is 0 Å². The Labute approximate surface area is 203 Å². The molecule has 0 amide bonds. The number of allylic oxidation sites excluding steroid dienone is 2. The molecule has 0 bridgehead atoms. The molecule has 0 aromatic heterocycles. The minimum Gasteiger partial charge on any atom is -0.463 e. The molecule has 9 heteroatoms. The molecule has 1 unspecified atom stereocenters. The molecule has 1 fully saturated rings. The molecule has 1 rings (SSSR count). The number of Topliss-reactive ketones (excluding diaryl/α,β-unsaturated/α-hetero) is 1. The van der Waals surface area contributed by atoms with Crippen molar-refractivity contribution in [2.24, 2.45) is 11.8 Å². The summed E-state index contributed by atoms with van der Waals surface area (Å²) in [6, 6.07) is 0. The van der Waals surface area contributed by atoms with E-state index in [0.717, 1.165) is 12.8 Å². The number of rotatable bonds is 19. The third-order valence-electron chi connectivity index (χ3n) is 6.42. The molecule has 9 nitrogen and oxygen atoms in total. The Morgan fingerprint density at radius 3 is 2.38 bits per heavy atom. The van der Waals surface area contributed by atoms with Crippen molar-refractivity contribution in [2.45, 2.75) is 116 Å². The van der Waals surface area contributed by atoms with E-state index in [1.807, 2.05) is 12.2 Å². The van der Waals surface area contributed by atoms with Crippen molar-refractivity contribution < 1.29 is 39.8 Å². The molecule has 0 radical (unpaired) electrons. The fourth-order valence-electron chi connectivity index (χ4n) is 4.49. The molecule has 0 aromatic rings. The van der Waals surface area contributed by atoms with Crippen molar-refractivity contribution in [1.82, 2.24) is 5.39 Å². The van der Waals surface area contributed by atoms with Crippen LogP contribution in [0.2, 0.25) is 0 Å². The maximum atomic E-state index is 12.2. The lowest BCUT2D eigenvalue weighted by atomic mass is 9.86. The van der Waals surface area contributed by atoms with Crippen LogP contribution in [-0.2, 0) is 19.2 Å². The standard InChI is InChI=1S/C25H45NO8/c1-3-4-5-6-9-12-20(27)15-16-22-21(23(28)17-24(22)29)13-10-7-8-11-14-25(30)33-18-19(2)34-26(31)32/h7,10,19,21-24,28-29,31-32H,3-6,8-9,11-18H2,1-2H3/b10-7-/t19?,21-,22-,23+,24-/m1/s1. The monoisotopic (exact) mass is 487 g/mol. The molecule has 34 heavy (non-hydrogen) atoms. The molecule has 1 aliphatic rings. The summed E-state index contributed by atoms with van der Waals surface area (Å²) in [6.45, 7) is 3.61. The number of aliphatic hydroxyl groups is 2. The van der Waals surface area contributed by atoms with E-state index in [2.05, 4.69) is 11.8 Å². The van der Waals surface area contributed by atoms with Crippen LogP contribution in [-0.4, -0.2) is 62.7 Å². The van der Waals surface area contributed by atoms with Crippen molar-refractivity contribution in [2.75, 3.05) is 6.61 Å². The maximum Gasteiger partial charge on any atom is 0.305 e. The first-order chi connectivity index (χ1) is 16.2. The highest BCUT2D eigenvalue weighted by atomic mass is 17.1. The zero-order chi connectivity index (χ0) is 25.3. The average molecular weight is 488 g/mol. The molecule has 0 aromatic carbocycles. The van der Waals surface area contributed by atoms with Crippen molar-refractivity contribution >= 4 is 11.8 Å². The number of carbonyl (C=O) groups is 2. The fraction of sp³-hybridized carbons (Fsp3) is 0.840. The lowest BCUT2D eigenvalue weighted by Gasteiger charge is -2.22. The summed E-state index contributed by atoms with van der Waals surface area (Å²) in [6.07, 6.45) is 11.9. The molecular weight excluding hydrogens is 442 g/mol. The van der Waals surface area contributed by atoms with Gasteiger partial charge in [-0.05, 0) is 57.3 Å². The number of hydrogen-bond donors (Lipinski definition) is 4. The van der Waals surface area contributed by atoms with Crippen LogP contribution in [0, 0.1) is 11.8 Å². The van der Waals surface area contributed by atoms with Gasteiger partial charge in [-0.15, -0.1) is 0 Å². The van der Waals surface area contributed by atoms with Crippen LogP contribution in [0.15, 0.2) is 12.2 Å². The van der Waals surface area contributed by atoms with Crippen LogP contribution in [0.3, 0.4) is 0 Å². The Kier molecular flexibility index (Phi) is 16.2. The summed E-state index contributed by atoms with van der Waals surface area (Å²) in [5.41, 5.74) is 0. The van der Waals surface area contributed by atoms with E-state index in [1.165, 1.54) is 26.2 Å². The molecule has 4 N–H and O–H groups in total. The van der Waals surface area contributed by atoms with Crippen LogP contribution in [0.5, 0.6) is 0 Å². The summed E-state index contributed by atoms with van der Waals surface area (Å²) >= 11 is 0. The highest BCUT2D eigenvalue weighted by Crippen LogP contribution is 2.38. The Balaban J connectivity index is 2.26. The average Bonchev–Trinajstić information content (AvgIpc) is 3.04. The first-order valence-electron chi connectivity index (χ1n) is 12.8. The number of nitrogens with zero attached hydrogens (tertiary/aromatic N) is 1. The second kappa shape index (κ2) is 18.0. The molecule has 0 saturated heterocycles. The van der Waals surface area contributed by atoms with Gasteiger partial charge < -0.3 is 14.9 Å². The number of unbranched alkanes of at least 4 members (excludes halogenated alkanes) is 5. The second-order valence-corrected chi connectivity index (χ2v) is 9.39. The molecule has 5 atom stereocenters. The van der Waals surface area contributed by atoms with Gasteiger partial charge >= 0.3 is 5.97 Å². The number of ketones is 1. The third-order valence-corrected chi connectivity index (χ3v) is 6.42. The van der Waals surface area contributed by atoms with Gasteiger partial charge in [0, 0.05) is 19.3 Å². The minimum absolute atomic E-state index is 0.0623. The van der Waals surface area contributed by atoms with Gasteiger partial charge in [-0.3, -0.25) is 20.0 Å². The van der Waals surface area contributed by atoms with Gasteiger partial charge in [0.15, 0.2) is 0 Å². The first kappa shape index (κ1) is 30.7. The lowest BCUT2D eigenvalue weighted by molar-refractivity contribution is -0.504. The summed E-state index contributed by atoms with van der Waals surface area (Å²) in [7, 11) is 0. The van der Waals surface area contributed by atoms with Gasteiger partial charge in [-0.1, -0.05) is 44.8 Å². The topological polar surface area (TPSA) is 137 Å². The van der Waals surface area contributed by atoms with Crippen LogP contribution < -0.4 is 0 Å². The number of esters is 1. The SMILES string of the molecule is CCCCCCCC(=O)CC[C@@H]1[C@@H](C/C=C\CCCC(=O)OCC(C)ON(O)O)[C@@H](O)C[C@H]1O. The largest absolute Gasteiger partial charge is 0.463 e. The van der Waals surface area contributed by atoms with E-state index in [9.17, 15) is 19.8 Å². The molecule has 0 heterocycles. The summed E-state index contributed by atoms with van der Waals surface area (Å²) in [5, 5.41) is 37.4. The Morgan fingerprint density at radius 1 is 0.971 bits per heavy atom. The van der Waals surface area contributed by atoms with Crippen molar-refractivity contribution in [1.29, 1.82) is 0 Å². The summed E-state index contributed by atoms with van der Waals surface area (Å²) in [5.74, 6) is -0.280. The Bertz CT molecular complexity index is 597. The smallest absolute Gasteiger partial charge is 0.305 e. The normalized spacial score (nSPS) is 23.6. The van der Waals surface area contributed by atoms with Crippen molar-refractivity contribution in [3.05, 3.63) is 12.2 Å². The van der Waals surface area contributed by atoms with Crippen molar-refractivity contribution in [3.8, 4) is 0 Å². The lowest BCUT2D eigenvalue weighted by Crippen LogP contribution is -2.26. The first-order valence-corrected chi connectivity index (χ1v) is 12.8. The summed E-state index contributed by atoms with van der Waals surface area (Å²) < 4.78 is 4.99. The van der Waals surface area contributed by atoms with E-state index >= 15 is 0 Å². The predicted molar refractivity (Wildman–Crippen MR) is 126 cm³/mol. The Hall–Kier alpha value is -1.36. The number of carbonyl (C=O) groups excluding carboxylic acids is 2. The molecule has 1 aliphatic carbocycles. The molecule has 198 valence electrons. The quantitative estimate of drug-likeness (QED) is 0.0917. The fourth-order valence-corrected chi connectivity index (χ4v) is 4.49. The maximum absolute atomic E-state index is 12.2. The van der Waals surface area contributed by atoms with E-state index < -0.39 is 29.7 Å². The van der Waals surface area contributed by atoms with E-state index in [1.54, 1.807) is 0 Å². The zero-order valence-electron chi connectivity index (χ0n) is 20.8. The van der Waals surface area contributed by atoms with Crippen LogP contribution >= 0.6 is 0 Å². The third kappa shape index (κ3) is 13.5. The van der Waals surface area contributed by atoms with Crippen LogP contribution in [0.1, 0.15) is 97.3 Å². The van der Waals surface area contributed by atoms with Gasteiger partial charge in [0.2, 0.25) is 0 Å². The second-order valence-electron chi connectivity index (χ2n) is 9.39. The van der Waals surface area contributed by atoms with Gasteiger partial charge in [-0.25, -0.2) is 4.84 Å². The molecule has 0 aliphatic heterocycles. The highest BCUT2D eigenvalue weighted by molar-refractivity contribution is 5.78. The van der Waals surface area contributed by atoms with Gasteiger partial charge in [0.1, 0.15) is 18.5 Å². The molecular formula is C25H45NO8. The highest BCUT2D eigenvalue weighted by Gasteiger charge is 2.40. The van der Waals surface area contributed by atoms with E-state index in [0.29, 0.717) is 44.9 Å². The van der Waals surface area contributed by atoms with E-state index in [4.69, 9.17) is 15.2 Å². The number of hydrogen-bond acceptors (Lipinski definition) is 9. The number of ether oxygens (including phenoxy) is 1. The Morgan fingerprint density at radius 2 is 1.68 bits per heavy atom. The van der Waals surface area contributed by atoms with Gasteiger partial charge in [0.05, 0.1) is 17.6 Å². The van der Waals surface area contributed by atoms with Gasteiger partial charge in [-0.2, -0.15) is 0 Å². The summed E-state index contributed by atoms with van der Waals surface area (Å²) in [4.78, 5) is 28.4. The van der Waals surface area contributed by atoms with Crippen LogP contribution in [0.4, 0.5) is 0 Å². The minimum atomic E-state index is -0.680. The molecule has 0 spiro atoms. The predicted octanol–water partition coefficient (Wildman–Crippen LogP) is 4.11. The zero-order valence-corrected chi connectivity index (χ0v) is 20.8. The van der Waals surface area contributed by atoms with Crippen molar-refractivity contribution in [3.63, 3.8) is 0 Å². The van der Waals surface area contributed by atoms with E-state index in [-0.39, 0.29) is 30.6 Å².